The van der Waals surface area contributed by atoms with Crippen LogP contribution in [0.4, 0.5) is 4.79 Å². The molecule has 4 rings (SSSR count). The molecule has 3 heterocycles. The number of fused-ring (bicyclic) bond motifs is 3. The molecular formula is C16H16N2O4. The third-order valence-electron chi connectivity index (χ3n) is 3.98. The summed E-state index contributed by atoms with van der Waals surface area (Å²) in [5.41, 5.74) is 2.99. The largest absolute Gasteiger partial charge is 0.454 e. The van der Waals surface area contributed by atoms with Crippen LogP contribution in [0.5, 0.6) is 11.5 Å². The molecule has 6 nitrogen and oxygen atoms in total. The Bertz CT molecular complexity index is 759. The quantitative estimate of drug-likeness (QED) is 0.809. The van der Waals surface area contributed by atoms with Crippen LogP contribution in [0.1, 0.15) is 18.2 Å². The SMILES string of the molecule is CCOC(=O)N1CCc2nc3cc4c(cc3cc2C1)OCO4. The molecule has 0 saturated carbocycles. The maximum atomic E-state index is 11.9. The second-order valence-corrected chi connectivity index (χ2v) is 5.36. The lowest BCUT2D eigenvalue weighted by atomic mass is 10.0. The monoisotopic (exact) mass is 300 g/mol. The van der Waals surface area contributed by atoms with Gasteiger partial charge in [-0.15, -0.1) is 0 Å². The van der Waals surface area contributed by atoms with E-state index in [1.54, 1.807) is 4.90 Å². The smallest absolute Gasteiger partial charge is 0.410 e. The highest BCUT2D eigenvalue weighted by molar-refractivity contribution is 5.84. The summed E-state index contributed by atoms with van der Waals surface area (Å²) >= 11 is 0. The molecule has 1 amide bonds. The van der Waals surface area contributed by atoms with Crippen LogP contribution in [0.3, 0.4) is 0 Å². The molecule has 0 bridgehead atoms. The number of aromatic nitrogens is 1. The van der Waals surface area contributed by atoms with Crippen LogP contribution < -0.4 is 9.47 Å². The van der Waals surface area contributed by atoms with Crippen molar-refractivity contribution >= 4 is 17.0 Å². The van der Waals surface area contributed by atoms with Crippen molar-refractivity contribution in [1.29, 1.82) is 0 Å². The van der Waals surface area contributed by atoms with E-state index in [0.717, 1.165) is 40.1 Å². The zero-order valence-corrected chi connectivity index (χ0v) is 12.3. The Morgan fingerprint density at radius 3 is 2.95 bits per heavy atom. The number of rotatable bonds is 1. The molecule has 1 aromatic carbocycles. The Morgan fingerprint density at radius 1 is 1.32 bits per heavy atom. The van der Waals surface area contributed by atoms with Crippen LogP contribution in [-0.4, -0.2) is 35.9 Å². The number of carbonyl (C=O) groups excluding carboxylic acids is 1. The fourth-order valence-electron chi connectivity index (χ4n) is 2.90. The van der Waals surface area contributed by atoms with Crippen molar-refractivity contribution in [3.63, 3.8) is 0 Å². The lowest BCUT2D eigenvalue weighted by molar-refractivity contribution is 0.102. The zero-order valence-electron chi connectivity index (χ0n) is 12.3. The summed E-state index contributed by atoms with van der Waals surface area (Å²) in [6, 6.07) is 5.93. The third-order valence-corrected chi connectivity index (χ3v) is 3.98. The molecule has 0 fully saturated rings. The first-order valence-corrected chi connectivity index (χ1v) is 7.38. The minimum atomic E-state index is -0.265. The lowest BCUT2D eigenvalue weighted by Crippen LogP contribution is -2.36. The number of amides is 1. The summed E-state index contributed by atoms with van der Waals surface area (Å²) in [6.45, 7) is 3.62. The average Bonchev–Trinajstić information content (AvgIpc) is 2.97. The number of ether oxygens (including phenoxy) is 3. The van der Waals surface area contributed by atoms with E-state index in [-0.39, 0.29) is 12.9 Å². The van der Waals surface area contributed by atoms with Gasteiger partial charge in [-0.2, -0.15) is 0 Å². The van der Waals surface area contributed by atoms with Crippen LogP contribution in [0.2, 0.25) is 0 Å². The van der Waals surface area contributed by atoms with E-state index < -0.39 is 0 Å². The average molecular weight is 300 g/mol. The van der Waals surface area contributed by atoms with Crippen LogP contribution in [0.25, 0.3) is 10.9 Å². The van der Waals surface area contributed by atoms with Crippen molar-refractivity contribution in [2.75, 3.05) is 19.9 Å². The predicted molar refractivity (Wildman–Crippen MR) is 79.0 cm³/mol. The molecule has 0 radical (unpaired) electrons. The minimum Gasteiger partial charge on any atom is -0.454 e. The Labute approximate surface area is 127 Å². The summed E-state index contributed by atoms with van der Waals surface area (Å²) in [7, 11) is 0. The first kappa shape index (κ1) is 13.2. The summed E-state index contributed by atoms with van der Waals surface area (Å²) in [5.74, 6) is 1.48. The molecule has 2 aliphatic heterocycles. The normalized spacial score (nSPS) is 15.8. The van der Waals surface area contributed by atoms with E-state index in [9.17, 15) is 4.79 Å². The Hall–Kier alpha value is -2.50. The number of nitrogens with zero attached hydrogens (tertiary/aromatic N) is 2. The minimum absolute atomic E-state index is 0.252. The van der Waals surface area contributed by atoms with Gasteiger partial charge in [0.2, 0.25) is 6.79 Å². The van der Waals surface area contributed by atoms with E-state index in [1.165, 1.54) is 0 Å². The Morgan fingerprint density at radius 2 is 2.14 bits per heavy atom. The van der Waals surface area contributed by atoms with Crippen molar-refractivity contribution in [2.45, 2.75) is 19.9 Å². The Kier molecular flexibility index (Phi) is 3.03. The van der Waals surface area contributed by atoms with Crippen molar-refractivity contribution in [3.05, 3.63) is 29.5 Å². The van der Waals surface area contributed by atoms with Gasteiger partial charge in [0.15, 0.2) is 11.5 Å². The first-order chi connectivity index (χ1) is 10.7. The standard InChI is InChI=1S/C16H16N2O4/c1-2-20-16(19)18-4-3-12-11(8-18)5-10-6-14-15(22-9-21-14)7-13(10)17-12/h5-7H,2-4,8-9H2,1H3. The summed E-state index contributed by atoms with van der Waals surface area (Å²) in [5, 5.41) is 0.994. The van der Waals surface area contributed by atoms with E-state index in [4.69, 9.17) is 19.2 Å². The van der Waals surface area contributed by atoms with Crippen LogP contribution in [0.15, 0.2) is 18.2 Å². The van der Waals surface area contributed by atoms with Gasteiger partial charge in [0, 0.05) is 30.1 Å². The van der Waals surface area contributed by atoms with E-state index in [1.807, 2.05) is 19.1 Å². The summed E-state index contributed by atoms with van der Waals surface area (Å²) < 4.78 is 15.9. The molecule has 0 atom stereocenters. The highest BCUT2D eigenvalue weighted by Gasteiger charge is 2.24. The molecule has 0 unspecified atom stereocenters. The topological polar surface area (TPSA) is 60.9 Å². The molecule has 0 N–H and O–H groups in total. The molecule has 2 aromatic rings. The molecule has 114 valence electrons. The molecule has 22 heavy (non-hydrogen) atoms. The van der Waals surface area contributed by atoms with E-state index >= 15 is 0 Å². The van der Waals surface area contributed by atoms with Gasteiger partial charge < -0.3 is 19.1 Å². The van der Waals surface area contributed by atoms with Gasteiger partial charge in [-0.3, -0.25) is 4.98 Å². The fourth-order valence-corrected chi connectivity index (χ4v) is 2.90. The number of hydrogen-bond acceptors (Lipinski definition) is 5. The summed E-state index contributed by atoms with van der Waals surface area (Å²) in [4.78, 5) is 18.3. The van der Waals surface area contributed by atoms with Gasteiger partial charge in [0.1, 0.15) is 0 Å². The first-order valence-electron chi connectivity index (χ1n) is 7.38. The van der Waals surface area contributed by atoms with Crippen LogP contribution >= 0.6 is 0 Å². The molecule has 1 aromatic heterocycles. The maximum Gasteiger partial charge on any atom is 0.410 e. The molecule has 0 spiro atoms. The fraction of sp³-hybridized carbons (Fsp3) is 0.375. The van der Waals surface area contributed by atoms with E-state index in [2.05, 4.69) is 6.07 Å². The number of benzene rings is 1. The van der Waals surface area contributed by atoms with Gasteiger partial charge >= 0.3 is 6.09 Å². The molecule has 0 saturated heterocycles. The van der Waals surface area contributed by atoms with Crippen molar-refractivity contribution in [2.24, 2.45) is 0 Å². The zero-order chi connectivity index (χ0) is 15.1. The van der Waals surface area contributed by atoms with E-state index in [0.29, 0.717) is 19.7 Å². The highest BCUT2D eigenvalue weighted by atomic mass is 16.7. The van der Waals surface area contributed by atoms with Gasteiger partial charge in [-0.05, 0) is 24.6 Å². The van der Waals surface area contributed by atoms with Crippen molar-refractivity contribution < 1.29 is 19.0 Å². The van der Waals surface area contributed by atoms with Crippen molar-refractivity contribution in [3.8, 4) is 11.5 Å². The van der Waals surface area contributed by atoms with Gasteiger partial charge in [0.05, 0.1) is 18.7 Å². The maximum absolute atomic E-state index is 11.9. The highest BCUT2D eigenvalue weighted by Crippen LogP contribution is 2.36. The van der Waals surface area contributed by atoms with Gasteiger partial charge in [-0.1, -0.05) is 0 Å². The molecule has 0 aliphatic carbocycles. The Balaban J connectivity index is 1.70. The number of pyridine rings is 1. The number of hydrogen-bond donors (Lipinski definition) is 0. The predicted octanol–water partition coefficient (Wildman–Crippen LogP) is 2.48. The van der Waals surface area contributed by atoms with Crippen molar-refractivity contribution in [1.82, 2.24) is 9.88 Å². The second kappa shape index (κ2) is 5.05. The van der Waals surface area contributed by atoms with Crippen LogP contribution in [-0.2, 0) is 17.7 Å². The number of carbonyl (C=O) groups is 1. The molecular weight excluding hydrogens is 284 g/mol. The second-order valence-electron chi connectivity index (χ2n) is 5.36. The molecule has 2 aliphatic rings. The molecule has 6 heteroatoms. The third kappa shape index (κ3) is 2.11. The van der Waals surface area contributed by atoms with Gasteiger partial charge in [-0.25, -0.2) is 4.79 Å². The lowest BCUT2D eigenvalue weighted by Gasteiger charge is -2.27. The van der Waals surface area contributed by atoms with Gasteiger partial charge in [0.25, 0.3) is 0 Å². The summed E-state index contributed by atoms with van der Waals surface area (Å²) in [6.07, 6.45) is 0.470. The van der Waals surface area contributed by atoms with Crippen LogP contribution in [0, 0.1) is 0 Å².